The van der Waals surface area contributed by atoms with Crippen LogP contribution in [0.5, 0.6) is 11.5 Å². The van der Waals surface area contributed by atoms with E-state index in [0.717, 1.165) is 0 Å². The minimum atomic E-state index is -0.894. The van der Waals surface area contributed by atoms with E-state index in [1.54, 1.807) is 30.3 Å². The number of carboxylic acids is 1. The molecule has 102 valence electrons. The monoisotopic (exact) mass is 278 g/mol. The fourth-order valence-corrected chi connectivity index (χ4v) is 1.76. The number of nitriles is 2. The SMILES string of the molecule is N#Cc1ccc(Oc2ccc(CC(=O)O)cc2)cc1C#N. The molecule has 2 aromatic carbocycles. The van der Waals surface area contributed by atoms with E-state index in [1.807, 2.05) is 12.1 Å². The molecule has 0 spiro atoms. The Labute approximate surface area is 121 Å². The summed E-state index contributed by atoms with van der Waals surface area (Å²) < 4.78 is 5.57. The Kier molecular flexibility index (Phi) is 4.18. The highest BCUT2D eigenvalue weighted by Gasteiger charge is 2.05. The smallest absolute Gasteiger partial charge is 0.307 e. The van der Waals surface area contributed by atoms with Crippen LogP contribution in [0.15, 0.2) is 42.5 Å². The van der Waals surface area contributed by atoms with Gasteiger partial charge in [0.15, 0.2) is 0 Å². The molecule has 1 N–H and O–H groups in total. The van der Waals surface area contributed by atoms with E-state index in [4.69, 9.17) is 20.4 Å². The number of carbonyl (C=O) groups is 1. The Hall–Kier alpha value is -3.31. The van der Waals surface area contributed by atoms with Crippen LogP contribution in [0.2, 0.25) is 0 Å². The van der Waals surface area contributed by atoms with Crippen molar-refractivity contribution in [1.82, 2.24) is 0 Å². The van der Waals surface area contributed by atoms with Gasteiger partial charge in [-0.2, -0.15) is 10.5 Å². The summed E-state index contributed by atoms with van der Waals surface area (Å²) in [6.07, 6.45) is -0.0459. The minimum Gasteiger partial charge on any atom is -0.481 e. The number of rotatable bonds is 4. The molecule has 0 bridgehead atoms. The molecule has 0 atom stereocenters. The number of benzene rings is 2. The van der Waals surface area contributed by atoms with Gasteiger partial charge in [-0.15, -0.1) is 0 Å². The molecule has 0 amide bonds. The zero-order chi connectivity index (χ0) is 15.2. The second-order valence-electron chi connectivity index (χ2n) is 4.25. The normalized spacial score (nSPS) is 9.43. The van der Waals surface area contributed by atoms with Crippen molar-refractivity contribution in [2.45, 2.75) is 6.42 Å². The third-order valence-electron chi connectivity index (χ3n) is 2.75. The van der Waals surface area contributed by atoms with Crippen LogP contribution in [0, 0.1) is 22.7 Å². The topological polar surface area (TPSA) is 94.1 Å². The van der Waals surface area contributed by atoms with E-state index in [-0.39, 0.29) is 12.0 Å². The maximum absolute atomic E-state index is 10.6. The molecule has 5 heteroatoms. The largest absolute Gasteiger partial charge is 0.481 e. The third kappa shape index (κ3) is 3.59. The lowest BCUT2D eigenvalue weighted by Gasteiger charge is -2.07. The Balaban J connectivity index is 2.17. The van der Waals surface area contributed by atoms with Crippen molar-refractivity contribution in [2.75, 3.05) is 0 Å². The second-order valence-corrected chi connectivity index (χ2v) is 4.25. The Morgan fingerprint density at radius 3 is 2.19 bits per heavy atom. The van der Waals surface area contributed by atoms with Gasteiger partial charge in [0.2, 0.25) is 0 Å². The van der Waals surface area contributed by atoms with Gasteiger partial charge in [-0.3, -0.25) is 4.79 Å². The number of carboxylic acid groups (broad SMARTS) is 1. The highest BCUT2D eigenvalue weighted by atomic mass is 16.5. The molecule has 0 unspecified atom stereocenters. The summed E-state index contributed by atoms with van der Waals surface area (Å²) in [5.74, 6) is 0.0729. The molecule has 0 aliphatic heterocycles. The van der Waals surface area contributed by atoms with Gasteiger partial charge in [0, 0.05) is 0 Å². The molecule has 2 rings (SSSR count). The maximum atomic E-state index is 10.6. The summed E-state index contributed by atoms with van der Waals surface area (Å²) in [6, 6.07) is 15.1. The van der Waals surface area contributed by atoms with Gasteiger partial charge in [0.05, 0.1) is 17.5 Å². The van der Waals surface area contributed by atoms with Crippen LogP contribution in [0.1, 0.15) is 16.7 Å². The van der Waals surface area contributed by atoms with Gasteiger partial charge in [0.1, 0.15) is 23.6 Å². The predicted octanol–water partition coefficient (Wildman–Crippen LogP) is 2.85. The summed E-state index contributed by atoms with van der Waals surface area (Å²) in [6.45, 7) is 0. The van der Waals surface area contributed by atoms with Crippen LogP contribution >= 0.6 is 0 Å². The summed E-state index contributed by atoms with van der Waals surface area (Å²) in [5, 5.41) is 26.5. The Morgan fingerprint density at radius 2 is 1.62 bits per heavy atom. The molecule has 5 nitrogen and oxygen atoms in total. The van der Waals surface area contributed by atoms with Crippen LogP contribution in [-0.4, -0.2) is 11.1 Å². The van der Waals surface area contributed by atoms with Crippen molar-refractivity contribution < 1.29 is 14.6 Å². The van der Waals surface area contributed by atoms with E-state index in [9.17, 15) is 4.79 Å². The van der Waals surface area contributed by atoms with E-state index < -0.39 is 5.97 Å². The molecule has 0 radical (unpaired) electrons. The summed E-state index contributed by atoms with van der Waals surface area (Å²) >= 11 is 0. The first-order valence-corrected chi connectivity index (χ1v) is 6.05. The summed E-state index contributed by atoms with van der Waals surface area (Å²) in [4.78, 5) is 10.6. The van der Waals surface area contributed by atoms with Crippen LogP contribution in [0.4, 0.5) is 0 Å². The standard InChI is InChI=1S/C16H10N2O3/c17-9-12-3-6-15(8-13(12)10-18)21-14-4-1-11(2-5-14)7-16(19)20/h1-6,8H,7H2,(H,19,20). The lowest BCUT2D eigenvalue weighted by Crippen LogP contribution is -1.99. The summed E-state index contributed by atoms with van der Waals surface area (Å²) in [5.41, 5.74) is 1.21. The quantitative estimate of drug-likeness (QED) is 0.927. The molecule has 0 fully saturated rings. The van der Waals surface area contributed by atoms with Gasteiger partial charge in [-0.1, -0.05) is 12.1 Å². The average molecular weight is 278 g/mol. The number of aliphatic carboxylic acids is 1. The molecule has 0 heterocycles. The first-order chi connectivity index (χ1) is 10.1. The van der Waals surface area contributed by atoms with Gasteiger partial charge in [0.25, 0.3) is 0 Å². The number of ether oxygens (including phenoxy) is 1. The number of hydrogen-bond acceptors (Lipinski definition) is 4. The summed E-state index contributed by atoms with van der Waals surface area (Å²) in [7, 11) is 0. The highest BCUT2D eigenvalue weighted by molar-refractivity contribution is 5.70. The van der Waals surface area contributed by atoms with Gasteiger partial charge in [-0.05, 0) is 35.9 Å². The highest BCUT2D eigenvalue weighted by Crippen LogP contribution is 2.24. The van der Waals surface area contributed by atoms with Crippen molar-refractivity contribution in [2.24, 2.45) is 0 Å². The van der Waals surface area contributed by atoms with Crippen molar-refractivity contribution in [3.63, 3.8) is 0 Å². The van der Waals surface area contributed by atoms with Crippen molar-refractivity contribution in [1.29, 1.82) is 10.5 Å². The first kappa shape index (κ1) is 14.1. The third-order valence-corrected chi connectivity index (χ3v) is 2.75. The predicted molar refractivity (Wildman–Crippen MR) is 73.7 cm³/mol. The van der Waals surface area contributed by atoms with Crippen LogP contribution in [0.3, 0.4) is 0 Å². The van der Waals surface area contributed by atoms with Crippen LogP contribution < -0.4 is 4.74 Å². The molecular formula is C16H10N2O3. The Morgan fingerprint density at radius 1 is 1.00 bits per heavy atom. The number of hydrogen-bond donors (Lipinski definition) is 1. The van der Waals surface area contributed by atoms with Gasteiger partial charge in [-0.25, -0.2) is 0 Å². The fraction of sp³-hybridized carbons (Fsp3) is 0.0625. The van der Waals surface area contributed by atoms with Crippen molar-refractivity contribution in [3.05, 3.63) is 59.2 Å². The molecule has 0 aliphatic carbocycles. The van der Waals surface area contributed by atoms with Crippen LogP contribution in [-0.2, 0) is 11.2 Å². The van der Waals surface area contributed by atoms with E-state index in [2.05, 4.69) is 0 Å². The fourth-order valence-electron chi connectivity index (χ4n) is 1.76. The second kappa shape index (κ2) is 6.23. The Bertz CT molecular complexity index is 753. The van der Waals surface area contributed by atoms with E-state index >= 15 is 0 Å². The first-order valence-electron chi connectivity index (χ1n) is 6.05. The minimum absolute atomic E-state index is 0.0459. The molecule has 0 saturated heterocycles. The van der Waals surface area contributed by atoms with Gasteiger partial charge >= 0.3 is 5.97 Å². The lowest BCUT2D eigenvalue weighted by molar-refractivity contribution is -0.136. The van der Waals surface area contributed by atoms with Crippen molar-refractivity contribution >= 4 is 5.97 Å². The number of nitrogens with zero attached hydrogens (tertiary/aromatic N) is 2. The van der Waals surface area contributed by atoms with E-state index in [1.165, 1.54) is 12.1 Å². The van der Waals surface area contributed by atoms with Crippen LogP contribution in [0.25, 0.3) is 0 Å². The molecule has 2 aromatic rings. The lowest BCUT2D eigenvalue weighted by atomic mass is 10.1. The molecule has 0 aliphatic rings. The molecule has 0 saturated carbocycles. The maximum Gasteiger partial charge on any atom is 0.307 e. The molecule has 21 heavy (non-hydrogen) atoms. The van der Waals surface area contributed by atoms with Gasteiger partial charge < -0.3 is 9.84 Å². The molecular weight excluding hydrogens is 268 g/mol. The molecule has 0 aromatic heterocycles. The zero-order valence-corrected chi connectivity index (χ0v) is 10.9. The zero-order valence-electron chi connectivity index (χ0n) is 10.9. The average Bonchev–Trinajstić information content (AvgIpc) is 2.48. The van der Waals surface area contributed by atoms with Crippen molar-refractivity contribution in [3.8, 4) is 23.6 Å². The van der Waals surface area contributed by atoms with E-state index in [0.29, 0.717) is 22.6 Å².